The molecular formula is C23H25NO6. The summed E-state index contributed by atoms with van der Waals surface area (Å²) in [6, 6.07) is 17.6. The van der Waals surface area contributed by atoms with Crippen LogP contribution in [0.5, 0.6) is 0 Å². The van der Waals surface area contributed by atoms with Crippen molar-refractivity contribution in [1.29, 1.82) is 0 Å². The molecule has 0 radical (unpaired) electrons. The molecule has 2 aromatic carbocycles. The SMILES string of the molecule is CC1(C)O[C@H]2[C@H](O1)[C@@H](OC(=O)c1ccccc1)CNC[C@@H]2OC(=O)c1ccccc1. The minimum absolute atomic E-state index is 0.360. The highest BCUT2D eigenvalue weighted by atomic mass is 16.8. The molecule has 2 fully saturated rings. The molecule has 30 heavy (non-hydrogen) atoms. The summed E-state index contributed by atoms with van der Waals surface area (Å²) in [6.07, 6.45) is -2.33. The van der Waals surface area contributed by atoms with Crippen LogP contribution < -0.4 is 5.32 Å². The Morgan fingerprint density at radius 2 is 1.20 bits per heavy atom. The second-order valence-corrected chi connectivity index (χ2v) is 7.84. The first kappa shape index (κ1) is 20.5. The summed E-state index contributed by atoms with van der Waals surface area (Å²) >= 11 is 0. The van der Waals surface area contributed by atoms with Crippen molar-refractivity contribution in [2.45, 2.75) is 44.1 Å². The van der Waals surface area contributed by atoms with E-state index in [0.717, 1.165) is 0 Å². The first-order valence-corrected chi connectivity index (χ1v) is 10.0. The fraction of sp³-hybridized carbons (Fsp3) is 0.391. The minimum atomic E-state index is -0.887. The van der Waals surface area contributed by atoms with Crippen molar-refractivity contribution in [1.82, 2.24) is 5.32 Å². The van der Waals surface area contributed by atoms with Gasteiger partial charge >= 0.3 is 11.9 Å². The first-order chi connectivity index (χ1) is 14.4. The van der Waals surface area contributed by atoms with Crippen LogP contribution in [0.15, 0.2) is 60.7 Å². The van der Waals surface area contributed by atoms with Gasteiger partial charge in [0.2, 0.25) is 0 Å². The first-order valence-electron chi connectivity index (χ1n) is 10.0. The van der Waals surface area contributed by atoms with Crippen LogP contribution in [0.3, 0.4) is 0 Å². The fourth-order valence-electron chi connectivity index (χ4n) is 3.77. The molecule has 1 N–H and O–H groups in total. The van der Waals surface area contributed by atoms with E-state index < -0.39 is 42.1 Å². The van der Waals surface area contributed by atoms with E-state index in [1.165, 1.54) is 0 Å². The van der Waals surface area contributed by atoms with Crippen LogP contribution in [0.4, 0.5) is 0 Å². The average Bonchev–Trinajstić information content (AvgIpc) is 3.01. The smallest absolute Gasteiger partial charge is 0.338 e. The number of hydrogen-bond acceptors (Lipinski definition) is 7. The van der Waals surface area contributed by atoms with Crippen molar-refractivity contribution in [3.8, 4) is 0 Å². The molecule has 0 bridgehead atoms. The molecule has 0 spiro atoms. The number of rotatable bonds is 4. The summed E-state index contributed by atoms with van der Waals surface area (Å²) in [5.41, 5.74) is 0.923. The number of ether oxygens (including phenoxy) is 4. The van der Waals surface area contributed by atoms with Crippen molar-refractivity contribution >= 4 is 11.9 Å². The quantitative estimate of drug-likeness (QED) is 0.774. The zero-order valence-electron chi connectivity index (χ0n) is 16.9. The molecule has 0 aromatic heterocycles. The molecule has 2 aromatic rings. The van der Waals surface area contributed by atoms with Gasteiger partial charge in [0.25, 0.3) is 0 Å². The maximum Gasteiger partial charge on any atom is 0.338 e. The molecule has 158 valence electrons. The number of nitrogens with one attached hydrogen (secondary N) is 1. The Bertz CT molecular complexity index is 814. The molecule has 7 nitrogen and oxygen atoms in total. The van der Waals surface area contributed by atoms with Gasteiger partial charge in [-0.15, -0.1) is 0 Å². The maximum atomic E-state index is 12.6. The molecule has 2 heterocycles. The summed E-state index contributed by atoms with van der Waals surface area (Å²) in [5, 5.41) is 3.20. The van der Waals surface area contributed by atoms with Gasteiger partial charge in [-0.1, -0.05) is 36.4 Å². The second-order valence-electron chi connectivity index (χ2n) is 7.84. The Kier molecular flexibility index (Phi) is 5.85. The molecule has 2 aliphatic heterocycles. The van der Waals surface area contributed by atoms with E-state index in [0.29, 0.717) is 24.2 Å². The molecular weight excluding hydrogens is 386 g/mol. The topological polar surface area (TPSA) is 83.1 Å². The van der Waals surface area contributed by atoms with Crippen molar-refractivity contribution in [2.75, 3.05) is 13.1 Å². The summed E-state index contributed by atoms with van der Waals surface area (Å²) < 4.78 is 23.6. The van der Waals surface area contributed by atoms with Crippen LogP contribution in [-0.4, -0.2) is 55.2 Å². The number of carbonyl (C=O) groups is 2. The zero-order chi connectivity index (χ0) is 21.1. The summed E-state index contributed by atoms with van der Waals surface area (Å²) in [6.45, 7) is 4.31. The highest BCUT2D eigenvalue weighted by molar-refractivity contribution is 5.90. The van der Waals surface area contributed by atoms with E-state index in [1.54, 1.807) is 62.4 Å². The van der Waals surface area contributed by atoms with E-state index >= 15 is 0 Å². The van der Waals surface area contributed by atoms with Crippen LogP contribution in [0.25, 0.3) is 0 Å². The van der Waals surface area contributed by atoms with E-state index in [1.807, 2.05) is 12.1 Å². The van der Waals surface area contributed by atoms with E-state index in [2.05, 4.69) is 5.32 Å². The van der Waals surface area contributed by atoms with Gasteiger partial charge in [-0.25, -0.2) is 9.59 Å². The zero-order valence-corrected chi connectivity index (χ0v) is 16.9. The lowest BCUT2D eigenvalue weighted by Crippen LogP contribution is -2.45. The second kappa shape index (κ2) is 8.55. The number of hydrogen-bond donors (Lipinski definition) is 1. The lowest BCUT2D eigenvalue weighted by Gasteiger charge is -2.26. The molecule has 0 amide bonds. The monoisotopic (exact) mass is 411 g/mol. The van der Waals surface area contributed by atoms with Crippen LogP contribution in [0.1, 0.15) is 34.6 Å². The van der Waals surface area contributed by atoms with Gasteiger partial charge in [0.1, 0.15) is 24.4 Å². The van der Waals surface area contributed by atoms with Gasteiger partial charge in [0.05, 0.1) is 11.1 Å². The molecule has 4 atom stereocenters. The van der Waals surface area contributed by atoms with Crippen molar-refractivity contribution in [2.24, 2.45) is 0 Å². The molecule has 0 unspecified atom stereocenters. The maximum absolute atomic E-state index is 12.6. The Labute approximate surface area is 175 Å². The van der Waals surface area contributed by atoms with E-state index in [-0.39, 0.29) is 0 Å². The Hall–Kier alpha value is -2.74. The Morgan fingerprint density at radius 3 is 1.60 bits per heavy atom. The predicted molar refractivity (Wildman–Crippen MR) is 108 cm³/mol. The summed E-state index contributed by atoms with van der Waals surface area (Å²) in [4.78, 5) is 25.2. The fourth-order valence-corrected chi connectivity index (χ4v) is 3.77. The predicted octanol–water partition coefficient (Wildman–Crippen LogP) is 2.56. The minimum Gasteiger partial charge on any atom is -0.455 e. The lowest BCUT2D eigenvalue weighted by atomic mass is 10.0. The van der Waals surface area contributed by atoms with E-state index in [9.17, 15) is 9.59 Å². The lowest BCUT2D eigenvalue weighted by molar-refractivity contribution is -0.162. The van der Waals surface area contributed by atoms with Crippen molar-refractivity contribution in [3.05, 3.63) is 71.8 Å². The third kappa shape index (κ3) is 4.53. The van der Waals surface area contributed by atoms with Crippen LogP contribution in [0.2, 0.25) is 0 Å². The van der Waals surface area contributed by atoms with Crippen LogP contribution in [-0.2, 0) is 18.9 Å². The molecule has 2 aliphatic rings. The highest BCUT2D eigenvalue weighted by Gasteiger charge is 2.52. The third-order valence-electron chi connectivity index (χ3n) is 5.12. The van der Waals surface area contributed by atoms with Crippen LogP contribution >= 0.6 is 0 Å². The Morgan fingerprint density at radius 1 is 0.800 bits per heavy atom. The standard InChI is InChI=1S/C23H25NO6/c1-23(2)29-19-17(27-21(25)15-9-5-3-6-10-15)13-24-14-18(20(19)30-23)28-22(26)16-11-7-4-8-12-16/h3-12,17-20,24H,13-14H2,1-2H3/t17-,18-,19+,20+/m0/s1. The number of carbonyl (C=O) groups excluding carboxylic acids is 2. The average molecular weight is 411 g/mol. The largest absolute Gasteiger partial charge is 0.455 e. The summed E-state index contributed by atoms with van der Waals surface area (Å²) in [7, 11) is 0. The van der Waals surface area contributed by atoms with Gasteiger partial charge < -0.3 is 24.3 Å². The highest BCUT2D eigenvalue weighted by Crippen LogP contribution is 2.35. The Balaban J connectivity index is 1.51. The van der Waals surface area contributed by atoms with E-state index in [4.69, 9.17) is 18.9 Å². The van der Waals surface area contributed by atoms with Crippen molar-refractivity contribution in [3.63, 3.8) is 0 Å². The number of esters is 2. The third-order valence-corrected chi connectivity index (χ3v) is 5.12. The summed E-state index contributed by atoms with van der Waals surface area (Å²) in [5.74, 6) is -1.76. The molecule has 0 aliphatic carbocycles. The molecule has 0 saturated carbocycles. The number of fused-ring (bicyclic) bond motifs is 1. The van der Waals surface area contributed by atoms with Gasteiger partial charge in [0.15, 0.2) is 5.79 Å². The van der Waals surface area contributed by atoms with Crippen molar-refractivity contribution < 1.29 is 28.5 Å². The van der Waals surface area contributed by atoms with Gasteiger partial charge in [0, 0.05) is 13.1 Å². The van der Waals surface area contributed by atoms with Gasteiger partial charge in [-0.3, -0.25) is 0 Å². The molecule has 2 saturated heterocycles. The molecule has 7 heteroatoms. The normalized spacial score (nSPS) is 27.5. The molecule has 4 rings (SSSR count). The number of benzene rings is 2. The van der Waals surface area contributed by atoms with Gasteiger partial charge in [-0.2, -0.15) is 0 Å². The van der Waals surface area contributed by atoms with Gasteiger partial charge in [-0.05, 0) is 38.1 Å². The van der Waals surface area contributed by atoms with Crippen LogP contribution in [0, 0.1) is 0 Å².